The zero-order valence-corrected chi connectivity index (χ0v) is 13.2. The Kier molecular flexibility index (Phi) is 4.45. The molecule has 0 aliphatic heterocycles. The minimum Gasteiger partial charge on any atom is -0.496 e. The van der Waals surface area contributed by atoms with Gasteiger partial charge in [-0.15, -0.1) is 0 Å². The number of benzene rings is 2. The molecule has 0 spiro atoms. The Bertz CT molecular complexity index is 686. The average molecular weight is 358 g/mol. The van der Waals surface area contributed by atoms with Crippen LogP contribution in [0, 0.1) is 12.7 Å². The van der Waals surface area contributed by atoms with Crippen molar-refractivity contribution in [2.75, 3.05) is 7.11 Å². The third kappa shape index (κ3) is 2.86. The number of carbonyl (C=O) groups is 1. The molecule has 0 aromatic heterocycles. The molecule has 0 N–H and O–H groups in total. The zero-order valence-electron chi connectivity index (χ0n) is 10.8. The SMILES string of the molecule is COc1cc(F)c(Br)cc1C(=O)c1ccc(Cl)c(C)c1. The Labute approximate surface area is 129 Å². The summed E-state index contributed by atoms with van der Waals surface area (Å²) in [6.45, 7) is 1.82. The van der Waals surface area contributed by atoms with E-state index in [1.807, 2.05) is 6.92 Å². The minimum atomic E-state index is -0.481. The highest BCUT2D eigenvalue weighted by Crippen LogP contribution is 2.29. The zero-order chi connectivity index (χ0) is 14.9. The van der Waals surface area contributed by atoms with Gasteiger partial charge >= 0.3 is 0 Å². The molecular formula is C15H11BrClFO2. The first-order valence-electron chi connectivity index (χ1n) is 5.78. The monoisotopic (exact) mass is 356 g/mol. The van der Waals surface area contributed by atoms with Gasteiger partial charge in [0, 0.05) is 16.7 Å². The molecule has 104 valence electrons. The Morgan fingerprint density at radius 3 is 2.60 bits per heavy atom. The van der Waals surface area contributed by atoms with Gasteiger partial charge in [-0.1, -0.05) is 11.6 Å². The summed E-state index contributed by atoms with van der Waals surface area (Å²) in [4.78, 5) is 12.5. The fourth-order valence-corrected chi connectivity index (χ4v) is 2.28. The number of halogens is 3. The third-order valence-corrected chi connectivity index (χ3v) is 3.94. The van der Waals surface area contributed by atoms with Crippen molar-refractivity contribution in [3.63, 3.8) is 0 Å². The molecule has 0 bridgehead atoms. The van der Waals surface area contributed by atoms with Gasteiger partial charge in [0.2, 0.25) is 0 Å². The molecule has 0 atom stereocenters. The van der Waals surface area contributed by atoms with E-state index in [0.717, 1.165) is 5.56 Å². The quantitative estimate of drug-likeness (QED) is 0.738. The van der Waals surface area contributed by atoms with Crippen LogP contribution < -0.4 is 4.74 Å². The average Bonchev–Trinajstić information content (AvgIpc) is 2.43. The Hall–Kier alpha value is -1.39. The normalized spacial score (nSPS) is 10.4. The van der Waals surface area contributed by atoms with E-state index < -0.39 is 5.82 Å². The maximum absolute atomic E-state index is 13.5. The van der Waals surface area contributed by atoms with E-state index in [4.69, 9.17) is 16.3 Å². The summed E-state index contributed by atoms with van der Waals surface area (Å²) in [6, 6.07) is 7.59. The van der Waals surface area contributed by atoms with E-state index in [9.17, 15) is 9.18 Å². The summed E-state index contributed by atoms with van der Waals surface area (Å²) in [5.41, 5.74) is 1.57. The summed E-state index contributed by atoms with van der Waals surface area (Å²) < 4.78 is 18.8. The Morgan fingerprint density at radius 1 is 1.30 bits per heavy atom. The van der Waals surface area contributed by atoms with E-state index in [0.29, 0.717) is 16.1 Å². The van der Waals surface area contributed by atoms with E-state index in [2.05, 4.69) is 15.9 Å². The van der Waals surface area contributed by atoms with Crippen molar-refractivity contribution in [3.05, 3.63) is 62.3 Å². The van der Waals surface area contributed by atoms with Crippen LogP contribution in [-0.2, 0) is 0 Å². The summed E-state index contributed by atoms with van der Waals surface area (Å²) in [7, 11) is 1.40. The maximum atomic E-state index is 13.5. The number of ketones is 1. The van der Waals surface area contributed by atoms with E-state index in [1.54, 1.807) is 18.2 Å². The van der Waals surface area contributed by atoms with Crippen LogP contribution in [0.1, 0.15) is 21.5 Å². The highest BCUT2D eigenvalue weighted by molar-refractivity contribution is 9.10. The number of methoxy groups -OCH3 is 1. The van der Waals surface area contributed by atoms with Crippen LogP contribution in [0.5, 0.6) is 5.75 Å². The number of carbonyl (C=O) groups excluding carboxylic acids is 1. The van der Waals surface area contributed by atoms with Crippen LogP contribution in [0.25, 0.3) is 0 Å². The number of aryl methyl sites for hydroxylation is 1. The van der Waals surface area contributed by atoms with Crippen molar-refractivity contribution in [2.45, 2.75) is 6.92 Å². The van der Waals surface area contributed by atoms with Crippen molar-refractivity contribution in [3.8, 4) is 5.75 Å². The lowest BCUT2D eigenvalue weighted by Crippen LogP contribution is -2.05. The molecule has 20 heavy (non-hydrogen) atoms. The Balaban J connectivity index is 2.52. The van der Waals surface area contributed by atoms with Crippen LogP contribution in [0.3, 0.4) is 0 Å². The second-order valence-corrected chi connectivity index (χ2v) is 5.52. The van der Waals surface area contributed by atoms with Crippen LogP contribution in [0.2, 0.25) is 5.02 Å². The van der Waals surface area contributed by atoms with Gasteiger partial charge in [0.15, 0.2) is 5.78 Å². The molecule has 0 aliphatic rings. The molecule has 0 saturated carbocycles. The van der Waals surface area contributed by atoms with Gasteiger partial charge in [0.25, 0.3) is 0 Å². The third-order valence-electron chi connectivity index (χ3n) is 2.91. The lowest BCUT2D eigenvalue weighted by atomic mass is 10.0. The lowest BCUT2D eigenvalue weighted by Gasteiger charge is -2.10. The first-order chi connectivity index (χ1) is 9.43. The molecule has 2 aromatic rings. The number of ether oxygens (including phenoxy) is 1. The molecular weight excluding hydrogens is 347 g/mol. The fraction of sp³-hybridized carbons (Fsp3) is 0.133. The van der Waals surface area contributed by atoms with Gasteiger partial charge in [-0.25, -0.2) is 4.39 Å². The summed E-state index contributed by atoms with van der Waals surface area (Å²) in [6.07, 6.45) is 0. The lowest BCUT2D eigenvalue weighted by molar-refractivity contribution is 0.103. The van der Waals surface area contributed by atoms with Gasteiger partial charge in [0.1, 0.15) is 11.6 Å². The molecule has 0 fully saturated rings. The van der Waals surface area contributed by atoms with Crippen LogP contribution in [-0.4, -0.2) is 12.9 Å². The predicted octanol–water partition coefficient (Wildman–Crippen LogP) is 4.79. The van der Waals surface area contributed by atoms with Crippen LogP contribution in [0.15, 0.2) is 34.8 Å². The van der Waals surface area contributed by atoms with E-state index >= 15 is 0 Å². The van der Waals surface area contributed by atoms with Crippen molar-refractivity contribution >= 4 is 33.3 Å². The summed E-state index contributed by atoms with van der Waals surface area (Å²) in [5.74, 6) is -0.531. The first kappa shape index (κ1) is 15.0. The van der Waals surface area contributed by atoms with Crippen molar-refractivity contribution in [2.24, 2.45) is 0 Å². The van der Waals surface area contributed by atoms with Crippen LogP contribution >= 0.6 is 27.5 Å². The van der Waals surface area contributed by atoms with Gasteiger partial charge in [-0.3, -0.25) is 4.79 Å². The molecule has 2 nitrogen and oxygen atoms in total. The second-order valence-electron chi connectivity index (χ2n) is 4.26. The van der Waals surface area contributed by atoms with Gasteiger partial charge in [-0.2, -0.15) is 0 Å². The highest BCUT2D eigenvalue weighted by atomic mass is 79.9. The standard InChI is InChI=1S/C15H11BrClFO2/c1-8-5-9(3-4-12(8)17)15(19)10-6-11(16)13(18)7-14(10)20-2/h3-7H,1-2H3. The predicted molar refractivity (Wildman–Crippen MR) is 80.3 cm³/mol. The molecule has 0 radical (unpaired) electrons. The molecule has 5 heteroatoms. The number of rotatable bonds is 3. The molecule has 0 heterocycles. The number of hydrogen-bond donors (Lipinski definition) is 0. The smallest absolute Gasteiger partial charge is 0.196 e. The minimum absolute atomic E-state index is 0.198. The second kappa shape index (κ2) is 5.94. The number of hydrogen-bond acceptors (Lipinski definition) is 2. The van der Waals surface area contributed by atoms with Gasteiger partial charge in [0.05, 0.1) is 17.1 Å². The van der Waals surface area contributed by atoms with Gasteiger partial charge < -0.3 is 4.74 Å². The Morgan fingerprint density at radius 2 is 2.00 bits per heavy atom. The molecule has 0 saturated heterocycles. The molecule has 2 aromatic carbocycles. The van der Waals surface area contributed by atoms with E-state index in [1.165, 1.54) is 19.2 Å². The van der Waals surface area contributed by atoms with Gasteiger partial charge in [-0.05, 0) is 52.7 Å². The summed E-state index contributed by atoms with van der Waals surface area (Å²) in [5, 5.41) is 0.591. The first-order valence-corrected chi connectivity index (χ1v) is 6.95. The van der Waals surface area contributed by atoms with Crippen molar-refractivity contribution < 1.29 is 13.9 Å². The van der Waals surface area contributed by atoms with Crippen molar-refractivity contribution in [1.29, 1.82) is 0 Å². The molecule has 0 unspecified atom stereocenters. The van der Waals surface area contributed by atoms with E-state index in [-0.39, 0.29) is 16.0 Å². The largest absolute Gasteiger partial charge is 0.496 e. The maximum Gasteiger partial charge on any atom is 0.196 e. The summed E-state index contributed by atoms with van der Waals surface area (Å²) >= 11 is 9.02. The molecule has 2 rings (SSSR count). The fourth-order valence-electron chi connectivity index (χ4n) is 1.82. The topological polar surface area (TPSA) is 26.3 Å². The van der Waals surface area contributed by atoms with Crippen LogP contribution in [0.4, 0.5) is 4.39 Å². The molecule has 0 amide bonds. The molecule has 0 aliphatic carbocycles. The van der Waals surface area contributed by atoms with Crippen molar-refractivity contribution in [1.82, 2.24) is 0 Å². The highest BCUT2D eigenvalue weighted by Gasteiger charge is 2.18.